The molecule has 17 heavy (non-hydrogen) atoms. The number of likely N-dealkylation sites (tertiary alicyclic amines) is 1. The van der Waals surface area contributed by atoms with Crippen molar-refractivity contribution in [2.75, 3.05) is 13.1 Å². The molecule has 1 heterocycles. The lowest BCUT2D eigenvalue weighted by Crippen LogP contribution is -2.58. The van der Waals surface area contributed by atoms with Gasteiger partial charge in [-0.15, -0.1) is 0 Å². The molecule has 1 amide bonds. The van der Waals surface area contributed by atoms with Gasteiger partial charge in [0.2, 0.25) is 5.91 Å². The first-order chi connectivity index (χ1) is 8.03. The van der Waals surface area contributed by atoms with Crippen LogP contribution in [-0.4, -0.2) is 35.5 Å². The Labute approximate surface area is 106 Å². The van der Waals surface area contributed by atoms with Crippen molar-refractivity contribution in [3.8, 4) is 0 Å². The van der Waals surface area contributed by atoms with E-state index in [1.807, 2.05) is 0 Å². The molecule has 0 aromatic rings. The van der Waals surface area contributed by atoms with Gasteiger partial charge in [-0.05, 0) is 46.1 Å². The van der Waals surface area contributed by atoms with Crippen LogP contribution in [0.25, 0.3) is 0 Å². The quantitative estimate of drug-likeness (QED) is 0.774. The maximum atomic E-state index is 12.4. The smallest absolute Gasteiger partial charge is 0.240 e. The van der Waals surface area contributed by atoms with Crippen LogP contribution in [0.15, 0.2) is 0 Å². The summed E-state index contributed by atoms with van der Waals surface area (Å²) >= 11 is 0. The Morgan fingerprint density at radius 2 is 2.06 bits per heavy atom. The topological polar surface area (TPSA) is 32.3 Å². The molecule has 3 heteroatoms. The van der Waals surface area contributed by atoms with Gasteiger partial charge in [0.25, 0.3) is 0 Å². The molecule has 0 saturated carbocycles. The fraction of sp³-hybridized carbons (Fsp3) is 0.929. The van der Waals surface area contributed by atoms with Gasteiger partial charge >= 0.3 is 0 Å². The number of nitrogens with one attached hydrogen (secondary N) is 1. The Morgan fingerprint density at radius 1 is 1.35 bits per heavy atom. The summed E-state index contributed by atoms with van der Waals surface area (Å²) in [6.45, 7) is 10.6. The minimum Gasteiger partial charge on any atom is -0.336 e. The van der Waals surface area contributed by atoms with E-state index in [0.29, 0.717) is 5.91 Å². The molecule has 1 N–H and O–H groups in total. The molecule has 1 rings (SSSR count). The van der Waals surface area contributed by atoms with Gasteiger partial charge in [-0.3, -0.25) is 4.79 Å². The van der Waals surface area contributed by atoms with E-state index in [0.717, 1.165) is 45.2 Å². The molecule has 0 aromatic heterocycles. The van der Waals surface area contributed by atoms with Crippen LogP contribution in [0, 0.1) is 0 Å². The second-order valence-corrected chi connectivity index (χ2v) is 5.70. The summed E-state index contributed by atoms with van der Waals surface area (Å²) in [5.41, 5.74) is 0.0123. The van der Waals surface area contributed by atoms with Gasteiger partial charge in [0, 0.05) is 12.1 Å². The Kier molecular flexibility index (Phi) is 5.44. The van der Waals surface area contributed by atoms with Gasteiger partial charge in [0.1, 0.15) is 0 Å². The summed E-state index contributed by atoms with van der Waals surface area (Å²) in [5.74, 6) is 0.308. The molecule has 1 fully saturated rings. The van der Waals surface area contributed by atoms with Crippen LogP contribution in [0.4, 0.5) is 0 Å². The number of carbonyl (C=O) groups excluding carboxylic acids is 1. The second-order valence-electron chi connectivity index (χ2n) is 5.70. The number of piperidine rings is 1. The van der Waals surface area contributed by atoms with Crippen molar-refractivity contribution in [1.82, 2.24) is 10.2 Å². The minimum atomic E-state index is 0.0123. The van der Waals surface area contributed by atoms with Crippen LogP contribution in [0.2, 0.25) is 0 Å². The third-order valence-electron chi connectivity index (χ3n) is 3.67. The van der Waals surface area contributed by atoms with Crippen molar-refractivity contribution >= 4 is 5.91 Å². The monoisotopic (exact) mass is 240 g/mol. The summed E-state index contributed by atoms with van der Waals surface area (Å²) in [7, 11) is 0. The maximum absolute atomic E-state index is 12.4. The Bertz CT molecular complexity index is 251. The number of hydrogen-bond acceptors (Lipinski definition) is 2. The molecule has 0 radical (unpaired) electrons. The summed E-state index contributed by atoms with van der Waals surface area (Å²) in [5, 5.41) is 3.37. The van der Waals surface area contributed by atoms with Gasteiger partial charge in [0.05, 0.1) is 6.04 Å². The highest BCUT2D eigenvalue weighted by Crippen LogP contribution is 2.25. The molecule has 100 valence electrons. The van der Waals surface area contributed by atoms with Crippen LogP contribution in [0.5, 0.6) is 0 Å². The molecule has 1 unspecified atom stereocenters. The minimum absolute atomic E-state index is 0.0123. The average molecular weight is 240 g/mol. The normalized spacial score (nSPS) is 22.0. The van der Waals surface area contributed by atoms with Crippen molar-refractivity contribution in [3.63, 3.8) is 0 Å². The third-order valence-corrected chi connectivity index (χ3v) is 3.67. The van der Waals surface area contributed by atoms with E-state index in [-0.39, 0.29) is 11.6 Å². The molecule has 0 aromatic carbocycles. The van der Waals surface area contributed by atoms with E-state index in [1.54, 1.807) is 0 Å². The average Bonchev–Trinajstić information content (AvgIpc) is 2.27. The van der Waals surface area contributed by atoms with Gasteiger partial charge in [0.15, 0.2) is 0 Å². The Hall–Kier alpha value is -0.570. The van der Waals surface area contributed by atoms with E-state index < -0.39 is 0 Å². The van der Waals surface area contributed by atoms with Crippen molar-refractivity contribution in [2.45, 2.75) is 71.4 Å². The third kappa shape index (κ3) is 3.70. The van der Waals surface area contributed by atoms with Crippen LogP contribution in [-0.2, 0) is 4.79 Å². The fourth-order valence-corrected chi connectivity index (χ4v) is 2.73. The molecule has 3 nitrogen and oxygen atoms in total. The van der Waals surface area contributed by atoms with Gasteiger partial charge in [-0.25, -0.2) is 0 Å². The molecule has 1 aliphatic heterocycles. The van der Waals surface area contributed by atoms with Gasteiger partial charge < -0.3 is 10.2 Å². The standard InChI is InChI=1S/C14H28N2O/c1-5-9-14(3,4)16-11-7-8-12(13(16)17)15-10-6-2/h12,15H,5-11H2,1-4H3. The highest BCUT2D eigenvalue weighted by Gasteiger charge is 2.36. The number of hydrogen-bond donors (Lipinski definition) is 1. The van der Waals surface area contributed by atoms with Gasteiger partial charge in [-0.1, -0.05) is 20.3 Å². The molecule has 1 saturated heterocycles. The maximum Gasteiger partial charge on any atom is 0.240 e. The second kappa shape index (κ2) is 6.39. The SMILES string of the molecule is CCCNC1CCCN(C(C)(C)CCC)C1=O. The largest absolute Gasteiger partial charge is 0.336 e. The molecule has 0 aliphatic carbocycles. The van der Waals surface area contributed by atoms with Crippen molar-refractivity contribution in [3.05, 3.63) is 0 Å². The summed E-state index contributed by atoms with van der Waals surface area (Å²) in [4.78, 5) is 14.5. The van der Waals surface area contributed by atoms with Crippen LogP contribution in [0.3, 0.4) is 0 Å². The highest BCUT2D eigenvalue weighted by atomic mass is 16.2. The van der Waals surface area contributed by atoms with Crippen molar-refractivity contribution in [2.24, 2.45) is 0 Å². The number of rotatable bonds is 6. The van der Waals surface area contributed by atoms with Crippen LogP contribution in [0.1, 0.15) is 59.8 Å². The van der Waals surface area contributed by atoms with E-state index in [2.05, 4.69) is 37.9 Å². The van der Waals surface area contributed by atoms with E-state index in [9.17, 15) is 4.79 Å². The Balaban J connectivity index is 2.64. The molecule has 1 aliphatic rings. The van der Waals surface area contributed by atoms with Crippen LogP contribution < -0.4 is 5.32 Å². The lowest BCUT2D eigenvalue weighted by molar-refractivity contribution is -0.142. The van der Waals surface area contributed by atoms with Gasteiger partial charge in [-0.2, -0.15) is 0 Å². The molecule has 1 atom stereocenters. The zero-order chi connectivity index (χ0) is 12.9. The summed E-state index contributed by atoms with van der Waals surface area (Å²) in [6.07, 6.45) is 5.42. The van der Waals surface area contributed by atoms with E-state index >= 15 is 0 Å². The summed E-state index contributed by atoms with van der Waals surface area (Å²) in [6, 6.07) is 0.0554. The molecular formula is C14H28N2O. The predicted molar refractivity (Wildman–Crippen MR) is 72.0 cm³/mol. The number of amides is 1. The molecule has 0 spiro atoms. The first-order valence-corrected chi connectivity index (χ1v) is 7.07. The first kappa shape index (κ1) is 14.5. The van der Waals surface area contributed by atoms with E-state index in [1.165, 1.54) is 0 Å². The molecular weight excluding hydrogens is 212 g/mol. The van der Waals surface area contributed by atoms with Crippen LogP contribution >= 0.6 is 0 Å². The fourth-order valence-electron chi connectivity index (χ4n) is 2.73. The highest BCUT2D eigenvalue weighted by molar-refractivity contribution is 5.83. The predicted octanol–water partition coefficient (Wildman–Crippen LogP) is 2.56. The van der Waals surface area contributed by atoms with Crippen molar-refractivity contribution < 1.29 is 4.79 Å². The summed E-state index contributed by atoms with van der Waals surface area (Å²) < 4.78 is 0. The van der Waals surface area contributed by atoms with Crippen molar-refractivity contribution in [1.29, 1.82) is 0 Å². The lowest BCUT2D eigenvalue weighted by Gasteiger charge is -2.43. The Morgan fingerprint density at radius 3 is 2.65 bits per heavy atom. The van der Waals surface area contributed by atoms with E-state index in [4.69, 9.17) is 0 Å². The lowest BCUT2D eigenvalue weighted by atomic mass is 9.92. The number of carbonyl (C=O) groups is 1. The molecule has 0 bridgehead atoms. The zero-order valence-corrected chi connectivity index (χ0v) is 11.9. The number of nitrogens with zero attached hydrogens (tertiary/aromatic N) is 1. The zero-order valence-electron chi connectivity index (χ0n) is 11.9. The first-order valence-electron chi connectivity index (χ1n) is 7.07.